The number of aromatic nitrogens is 3. The summed E-state index contributed by atoms with van der Waals surface area (Å²) in [6.07, 6.45) is 9.71. The summed E-state index contributed by atoms with van der Waals surface area (Å²) in [5.41, 5.74) is 2.67. The van der Waals surface area contributed by atoms with Gasteiger partial charge >= 0.3 is 0 Å². The molecule has 7 heteroatoms. The number of benzene rings is 1. The Hall–Kier alpha value is -2.22. The SMILES string of the molecule is c1ccc(CN2CCC(NCc3cccn3-c3nnc(N4CCCCCC4)s3)CC2)cc1. The third-order valence-electron chi connectivity index (χ3n) is 6.73. The van der Waals surface area contributed by atoms with E-state index < -0.39 is 0 Å². The van der Waals surface area contributed by atoms with Crippen molar-refractivity contribution >= 4 is 16.5 Å². The van der Waals surface area contributed by atoms with Crippen molar-refractivity contribution in [3.63, 3.8) is 0 Å². The molecule has 0 radical (unpaired) electrons. The van der Waals surface area contributed by atoms with Gasteiger partial charge in [-0.3, -0.25) is 9.47 Å². The fourth-order valence-corrected chi connectivity index (χ4v) is 5.74. The summed E-state index contributed by atoms with van der Waals surface area (Å²) in [5.74, 6) is 0. The molecule has 2 saturated heterocycles. The van der Waals surface area contributed by atoms with Crippen molar-refractivity contribution in [3.05, 3.63) is 59.9 Å². The smallest absolute Gasteiger partial charge is 0.218 e. The lowest BCUT2D eigenvalue weighted by molar-refractivity contribution is 0.190. The highest BCUT2D eigenvalue weighted by Crippen LogP contribution is 2.26. The molecule has 0 unspecified atom stereocenters. The van der Waals surface area contributed by atoms with Gasteiger partial charge in [0.05, 0.1) is 0 Å². The predicted octanol–water partition coefficient (Wildman–Crippen LogP) is 4.46. The molecule has 170 valence electrons. The van der Waals surface area contributed by atoms with Crippen molar-refractivity contribution in [1.82, 2.24) is 25.0 Å². The van der Waals surface area contributed by atoms with Gasteiger partial charge in [0.15, 0.2) is 0 Å². The minimum absolute atomic E-state index is 0.576. The first-order chi connectivity index (χ1) is 15.8. The second kappa shape index (κ2) is 10.6. The second-order valence-corrected chi connectivity index (χ2v) is 9.99. The first-order valence-corrected chi connectivity index (χ1v) is 12.9. The molecule has 32 heavy (non-hydrogen) atoms. The normalized spacial score (nSPS) is 18.7. The molecule has 3 aromatic rings. The van der Waals surface area contributed by atoms with Crippen LogP contribution >= 0.6 is 11.3 Å². The Kier molecular flexibility index (Phi) is 7.16. The number of nitrogens with zero attached hydrogens (tertiary/aromatic N) is 5. The quantitative estimate of drug-likeness (QED) is 0.576. The highest BCUT2D eigenvalue weighted by molar-refractivity contribution is 7.17. The molecule has 2 aromatic heterocycles. The number of nitrogens with one attached hydrogen (secondary N) is 1. The molecule has 0 bridgehead atoms. The molecule has 0 spiro atoms. The fourth-order valence-electron chi connectivity index (χ4n) is 4.83. The Balaban J connectivity index is 1.13. The van der Waals surface area contributed by atoms with Gasteiger partial charge in [-0.2, -0.15) is 0 Å². The number of hydrogen-bond acceptors (Lipinski definition) is 6. The summed E-state index contributed by atoms with van der Waals surface area (Å²) < 4.78 is 2.20. The van der Waals surface area contributed by atoms with E-state index in [0.29, 0.717) is 6.04 Å². The molecule has 2 fully saturated rings. The van der Waals surface area contributed by atoms with Gasteiger partial charge in [0.2, 0.25) is 10.3 Å². The van der Waals surface area contributed by atoms with Gasteiger partial charge in [0.25, 0.3) is 0 Å². The molecule has 4 heterocycles. The van der Waals surface area contributed by atoms with Crippen LogP contribution in [0.5, 0.6) is 0 Å². The van der Waals surface area contributed by atoms with Gasteiger partial charge in [0.1, 0.15) is 0 Å². The van der Waals surface area contributed by atoms with E-state index in [1.165, 1.54) is 49.8 Å². The molecular formula is C25H34N6S. The zero-order chi connectivity index (χ0) is 21.6. The van der Waals surface area contributed by atoms with E-state index >= 15 is 0 Å². The maximum Gasteiger partial charge on any atom is 0.218 e. The standard InChI is InChI=1S/C25H34N6S/c1-2-7-15-30(14-6-1)24-27-28-25(32-24)31-16-8-11-23(31)19-26-22-12-17-29(18-13-22)20-21-9-4-3-5-10-21/h3-5,8-11,16,22,26H,1-2,6-7,12-15,17-20H2. The Bertz CT molecular complexity index is 952. The minimum Gasteiger partial charge on any atom is -0.347 e. The van der Waals surface area contributed by atoms with Crippen molar-refractivity contribution in [2.45, 2.75) is 57.7 Å². The van der Waals surface area contributed by atoms with Crippen LogP contribution in [0.4, 0.5) is 5.13 Å². The average Bonchev–Trinajstić information content (AvgIpc) is 3.42. The third-order valence-corrected chi connectivity index (χ3v) is 7.71. The average molecular weight is 451 g/mol. The van der Waals surface area contributed by atoms with Crippen LogP contribution in [0.15, 0.2) is 48.7 Å². The van der Waals surface area contributed by atoms with Crippen LogP contribution in [0.3, 0.4) is 0 Å². The minimum atomic E-state index is 0.576. The Morgan fingerprint density at radius 1 is 0.844 bits per heavy atom. The Morgan fingerprint density at radius 3 is 2.38 bits per heavy atom. The van der Waals surface area contributed by atoms with E-state index in [4.69, 9.17) is 0 Å². The van der Waals surface area contributed by atoms with E-state index in [0.717, 1.165) is 49.5 Å². The van der Waals surface area contributed by atoms with E-state index in [-0.39, 0.29) is 0 Å². The van der Waals surface area contributed by atoms with E-state index in [2.05, 4.69) is 78.5 Å². The van der Waals surface area contributed by atoms with Crippen molar-refractivity contribution in [1.29, 1.82) is 0 Å². The van der Waals surface area contributed by atoms with Gasteiger partial charge in [-0.05, 0) is 56.5 Å². The molecular weight excluding hydrogens is 416 g/mol. The Morgan fingerprint density at radius 2 is 1.59 bits per heavy atom. The zero-order valence-electron chi connectivity index (χ0n) is 18.8. The van der Waals surface area contributed by atoms with Crippen LogP contribution in [0.2, 0.25) is 0 Å². The van der Waals surface area contributed by atoms with Crippen molar-refractivity contribution in [3.8, 4) is 5.13 Å². The molecule has 1 N–H and O–H groups in total. The van der Waals surface area contributed by atoms with Gasteiger partial charge in [0, 0.05) is 44.1 Å². The molecule has 6 nitrogen and oxygen atoms in total. The lowest BCUT2D eigenvalue weighted by atomic mass is 10.0. The maximum atomic E-state index is 4.53. The van der Waals surface area contributed by atoms with Crippen LogP contribution in [0.1, 0.15) is 49.8 Å². The molecule has 2 aliphatic heterocycles. The number of hydrogen-bond donors (Lipinski definition) is 1. The Labute approximate surface area is 195 Å². The van der Waals surface area contributed by atoms with Gasteiger partial charge in [-0.1, -0.05) is 54.5 Å². The highest BCUT2D eigenvalue weighted by atomic mass is 32.1. The molecule has 0 saturated carbocycles. The summed E-state index contributed by atoms with van der Waals surface area (Å²) in [7, 11) is 0. The molecule has 2 aliphatic rings. The fraction of sp³-hybridized carbons (Fsp3) is 0.520. The van der Waals surface area contributed by atoms with Crippen molar-refractivity contribution in [2.24, 2.45) is 0 Å². The lowest BCUT2D eigenvalue weighted by Gasteiger charge is -2.32. The molecule has 0 aliphatic carbocycles. The topological polar surface area (TPSA) is 49.2 Å². The summed E-state index contributed by atoms with van der Waals surface area (Å²) in [5, 5.41) is 14.9. The van der Waals surface area contributed by atoms with Crippen molar-refractivity contribution < 1.29 is 0 Å². The first-order valence-electron chi connectivity index (χ1n) is 12.1. The van der Waals surface area contributed by atoms with Crippen LogP contribution in [0.25, 0.3) is 5.13 Å². The summed E-state index contributed by atoms with van der Waals surface area (Å²) in [6, 6.07) is 15.7. The van der Waals surface area contributed by atoms with Crippen molar-refractivity contribution in [2.75, 3.05) is 31.1 Å². The van der Waals surface area contributed by atoms with Crippen LogP contribution < -0.4 is 10.2 Å². The van der Waals surface area contributed by atoms with Gasteiger partial charge in [-0.15, -0.1) is 10.2 Å². The monoisotopic (exact) mass is 450 g/mol. The van der Waals surface area contributed by atoms with E-state index in [1.54, 1.807) is 11.3 Å². The van der Waals surface area contributed by atoms with E-state index in [1.807, 2.05) is 0 Å². The first kappa shape index (κ1) is 21.6. The molecule has 5 rings (SSSR count). The predicted molar refractivity (Wildman–Crippen MR) is 131 cm³/mol. The second-order valence-electron chi connectivity index (χ2n) is 9.05. The number of anilines is 1. The molecule has 1 aromatic carbocycles. The maximum absolute atomic E-state index is 4.53. The zero-order valence-corrected chi connectivity index (χ0v) is 19.6. The lowest BCUT2D eigenvalue weighted by Crippen LogP contribution is -2.42. The largest absolute Gasteiger partial charge is 0.347 e. The van der Waals surface area contributed by atoms with Gasteiger partial charge in [-0.25, -0.2) is 0 Å². The molecule has 0 atom stereocenters. The number of rotatable bonds is 7. The highest BCUT2D eigenvalue weighted by Gasteiger charge is 2.20. The van der Waals surface area contributed by atoms with E-state index in [9.17, 15) is 0 Å². The summed E-state index contributed by atoms with van der Waals surface area (Å²) in [6.45, 7) is 6.46. The van der Waals surface area contributed by atoms with Crippen LogP contribution in [-0.4, -0.2) is 51.9 Å². The third kappa shape index (κ3) is 5.39. The molecule has 0 amide bonds. The van der Waals surface area contributed by atoms with Gasteiger partial charge < -0.3 is 10.2 Å². The van der Waals surface area contributed by atoms with Crippen LogP contribution in [0, 0.1) is 0 Å². The number of piperidine rings is 1. The summed E-state index contributed by atoms with van der Waals surface area (Å²) in [4.78, 5) is 4.99. The van der Waals surface area contributed by atoms with Crippen LogP contribution in [-0.2, 0) is 13.1 Å². The summed E-state index contributed by atoms with van der Waals surface area (Å²) >= 11 is 1.72. The number of likely N-dealkylation sites (tertiary alicyclic amines) is 1.